The number of nitrogens with zero attached hydrogens (tertiary/aromatic N) is 1. The Labute approximate surface area is 111 Å². The quantitative estimate of drug-likeness (QED) is 0.801. The molecule has 1 saturated heterocycles. The molecule has 100 valence electrons. The Bertz CT molecular complexity index is 384. The molecule has 0 spiro atoms. The molecule has 0 bridgehead atoms. The zero-order valence-electron chi connectivity index (χ0n) is 12.0. The van der Waals surface area contributed by atoms with E-state index < -0.39 is 0 Å². The summed E-state index contributed by atoms with van der Waals surface area (Å²) in [7, 11) is 0. The van der Waals surface area contributed by atoms with Gasteiger partial charge in [-0.25, -0.2) is 0 Å². The lowest BCUT2D eigenvalue weighted by Gasteiger charge is -2.24. The highest BCUT2D eigenvalue weighted by molar-refractivity contribution is 5.54. The van der Waals surface area contributed by atoms with Crippen molar-refractivity contribution in [3.8, 4) is 0 Å². The maximum atomic E-state index is 3.51. The van der Waals surface area contributed by atoms with Crippen LogP contribution in [0.1, 0.15) is 39.2 Å². The van der Waals surface area contributed by atoms with E-state index in [9.17, 15) is 0 Å². The average molecular weight is 246 g/mol. The molecule has 1 fully saturated rings. The van der Waals surface area contributed by atoms with Gasteiger partial charge in [-0.3, -0.25) is 0 Å². The number of hydrogen-bond acceptors (Lipinski definition) is 2. The number of para-hydroxylation sites is 1. The first-order valence-electron chi connectivity index (χ1n) is 7.16. The van der Waals surface area contributed by atoms with Gasteiger partial charge in [0, 0.05) is 25.3 Å². The summed E-state index contributed by atoms with van der Waals surface area (Å²) in [6, 6.07) is 8.82. The van der Waals surface area contributed by atoms with Crippen molar-refractivity contribution in [3.05, 3.63) is 29.8 Å². The van der Waals surface area contributed by atoms with Crippen LogP contribution in [0.4, 0.5) is 5.69 Å². The lowest BCUT2D eigenvalue weighted by atomic mass is 9.93. The normalized spacial score (nSPS) is 18.3. The van der Waals surface area contributed by atoms with E-state index >= 15 is 0 Å². The molecule has 1 heterocycles. The first kappa shape index (κ1) is 13.4. The van der Waals surface area contributed by atoms with Gasteiger partial charge in [-0.05, 0) is 36.4 Å². The summed E-state index contributed by atoms with van der Waals surface area (Å²) in [5, 5.41) is 3.51. The van der Waals surface area contributed by atoms with E-state index in [1.807, 2.05) is 0 Å². The molecule has 0 atom stereocenters. The van der Waals surface area contributed by atoms with Gasteiger partial charge in [-0.15, -0.1) is 0 Å². The van der Waals surface area contributed by atoms with Gasteiger partial charge in [0.05, 0.1) is 0 Å². The van der Waals surface area contributed by atoms with E-state index in [4.69, 9.17) is 0 Å². The van der Waals surface area contributed by atoms with Crippen molar-refractivity contribution in [3.63, 3.8) is 0 Å². The highest BCUT2D eigenvalue weighted by Crippen LogP contribution is 2.33. The molecule has 0 unspecified atom stereocenters. The molecule has 2 heteroatoms. The molecule has 0 aliphatic carbocycles. The van der Waals surface area contributed by atoms with Crippen LogP contribution in [0.2, 0.25) is 0 Å². The summed E-state index contributed by atoms with van der Waals surface area (Å²) >= 11 is 0. The molecule has 1 aromatic rings. The van der Waals surface area contributed by atoms with Gasteiger partial charge in [0.2, 0.25) is 0 Å². The second-order valence-electron chi connectivity index (χ2n) is 6.14. The van der Waals surface area contributed by atoms with Crippen LogP contribution in [-0.4, -0.2) is 19.6 Å². The first-order chi connectivity index (χ1) is 8.62. The second kappa shape index (κ2) is 5.75. The zero-order valence-corrected chi connectivity index (χ0v) is 12.0. The van der Waals surface area contributed by atoms with E-state index in [-0.39, 0.29) is 0 Å². The van der Waals surface area contributed by atoms with Crippen LogP contribution in [0.3, 0.4) is 0 Å². The molecule has 1 aromatic carbocycles. The van der Waals surface area contributed by atoms with E-state index in [1.54, 1.807) is 0 Å². The second-order valence-corrected chi connectivity index (χ2v) is 6.14. The van der Waals surface area contributed by atoms with Crippen molar-refractivity contribution >= 4 is 5.69 Å². The third kappa shape index (κ3) is 3.26. The first-order valence-corrected chi connectivity index (χ1v) is 7.16. The monoisotopic (exact) mass is 246 g/mol. The summed E-state index contributed by atoms with van der Waals surface area (Å²) in [5.41, 5.74) is 3.32. The summed E-state index contributed by atoms with van der Waals surface area (Å²) in [5.74, 6) is 0. The van der Waals surface area contributed by atoms with Crippen LogP contribution in [0.5, 0.6) is 0 Å². The van der Waals surface area contributed by atoms with Gasteiger partial charge in [0.1, 0.15) is 0 Å². The topological polar surface area (TPSA) is 15.3 Å². The van der Waals surface area contributed by atoms with Gasteiger partial charge in [-0.1, -0.05) is 39.0 Å². The highest BCUT2D eigenvalue weighted by Gasteiger charge is 2.29. The minimum Gasteiger partial charge on any atom is -0.371 e. The molecular formula is C16H26N2. The summed E-state index contributed by atoms with van der Waals surface area (Å²) < 4.78 is 0. The van der Waals surface area contributed by atoms with Crippen LogP contribution < -0.4 is 10.2 Å². The number of anilines is 1. The number of hydrogen-bond donors (Lipinski definition) is 1. The fourth-order valence-corrected chi connectivity index (χ4v) is 2.69. The average Bonchev–Trinajstić information content (AvgIpc) is 2.71. The van der Waals surface area contributed by atoms with Crippen molar-refractivity contribution in [2.45, 2.75) is 40.2 Å². The lowest BCUT2D eigenvalue weighted by molar-refractivity contribution is 0.418. The van der Waals surface area contributed by atoms with Gasteiger partial charge >= 0.3 is 0 Å². The third-order valence-electron chi connectivity index (χ3n) is 3.75. The van der Waals surface area contributed by atoms with E-state index in [2.05, 4.69) is 55.3 Å². The molecule has 1 N–H and O–H groups in total. The van der Waals surface area contributed by atoms with Gasteiger partial charge < -0.3 is 10.2 Å². The molecule has 0 radical (unpaired) electrons. The van der Waals surface area contributed by atoms with Crippen molar-refractivity contribution in [1.82, 2.24) is 5.32 Å². The third-order valence-corrected chi connectivity index (χ3v) is 3.75. The van der Waals surface area contributed by atoms with Crippen molar-refractivity contribution < 1.29 is 0 Å². The van der Waals surface area contributed by atoms with Crippen molar-refractivity contribution in [2.24, 2.45) is 5.41 Å². The van der Waals surface area contributed by atoms with Gasteiger partial charge in [0.25, 0.3) is 0 Å². The predicted octanol–water partition coefficient (Wildman–Crippen LogP) is 3.42. The Balaban J connectivity index is 2.08. The molecule has 0 aromatic heterocycles. The fourth-order valence-electron chi connectivity index (χ4n) is 2.69. The van der Waals surface area contributed by atoms with E-state index in [1.165, 1.54) is 37.2 Å². The van der Waals surface area contributed by atoms with Crippen LogP contribution >= 0.6 is 0 Å². The molecule has 0 saturated carbocycles. The van der Waals surface area contributed by atoms with Crippen LogP contribution in [0.15, 0.2) is 24.3 Å². The van der Waals surface area contributed by atoms with E-state index in [0.29, 0.717) is 5.41 Å². The maximum absolute atomic E-state index is 3.51. The van der Waals surface area contributed by atoms with E-state index in [0.717, 1.165) is 13.1 Å². The highest BCUT2D eigenvalue weighted by atomic mass is 15.2. The molecule has 2 rings (SSSR count). The Kier molecular flexibility index (Phi) is 4.28. The molecule has 2 nitrogen and oxygen atoms in total. The summed E-state index contributed by atoms with van der Waals surface area (Å²) in [6.07, 6.45) is 2.49. The van der Waals surface area contributed by atoms with Crippen LogP contribution in [0, 0.1) is 5.41 Å². The number of benzene rings is 1. The molecule has 1 aliphatic heterocycles. The van der Waals surface area contributed by atoms with Gasteiger partial charge in [-0.2, -0.15) is 0 Å². The molecule has 0 amide bonds. The standard InChI is InChI=1S/C16H26N2/c1-4-10-17-12-14-7-5-6-8-15(14)18-11-9-16(2,3)13-18/h5-8,17H,4,9-13H2,1-3H3. The fraction of sp³-hybridized carbons (Fsp3) is 0.625. The minimum atomic E-state index is 0.462. The Morgan fingerprint density at radius 3 is 2.72 bits per heavy atom. The molecular weight excluding hydrogens is 220 g/mol. The van der Waals surface area contributed by atoms with Crippen molar-refractivity contribution in [1.29, 1.82) is 0 Å². The maximum Gasteiger partial charge on any atom is 0.0412 e. The smallest absolute Gasteiger partial charge is 0.0412 e. The number of rotatable bonds is 5. The Morgan fingerprint density at radius 1 is 1.28 bits per heavy atom. The van der Waals surface area contributed by atoms with Crippen LogP contribution in [0.25, 0.3) is 0 Å². The Hall–Kier alpha value is -1.02. The minimum absolute atomic E-state index is 0.462. The largest absolute Gasteiger partial charge is 0.371 e. The van der Waals surface area contributed by atoms with Gasteiger partial charge in [0.15, 0.2) is 0 Å². The number of nitrogens with one attached hydrogen (secondary N) is 1. The molecule has 1 aliphatic rings. The van der Waals surface area contributed by atoms with Crippen LogP contribution in [-0.2, 0) is 6.54 Å². The molecule has 18 heavy (non-hydrogen) atoms. The zero-order chi connectivity index (χ0) is 13.0. The Morgan fingerprint density at radius 2 is 2.06 bits per heavy atom. The SMILES string of the molecule is CCCNCc1ccccc1N1CCC(C)(C)C1. The summed E-state index contributed by atoms with van der Waals surface area (Å²) in [4.78, 5) is 2.54. The predicted molar refractivity (Wildman–Crippen MR) is 79.1 cm³/mol. The summed E-state index contributed by atoms with van der Waals surface area (Å²) in [6.45, 7) is 11.4. The lowest BCUT2D eigenvalue weighted by Crippen LogP contribution is -2.25. The van der Waals surface area contributed by atoms with Crippen molar-refractivity contribution in [2.75, 3.05) is 24.5 Å².